The number of carboxylic acids is 1. The molecule has 1 aromatic carbocycles. The molecule has 3 aromatic rings. The molecule has 1 aliphatic carbocycles. The SMILES string of the molecule is O=C(O)c1cnn(-c2nc3cc(Cl)c(CS(=O)(=O)C4CC4)cc3[nH]2)c1. The summed E-state index contributed by atoms with van der Waals surface area (Å²) in [6.07, 6.45) is 3.97. The van der Waals surface area contributed by atoms with Crippen LogP contribution in [0.3, 0.4) is 0 Å². The third-order valence-electron chi connectivity index (χ3n) is 4.07. The minimum absolute atomic E-state index is 0.0368. The normalized spacial score (nSPS) is 14.9. The van der Waals surface area contributed by atoms with Gasteiger partial charge in [0.2, 0.25) is 5.95 Å². The van der Waals surface area contributed by atoms with Crippen LogP contribution < -0.4 is 0 Å². The highest BCUT2D eigenvalue weighted by atomic mass is 35.5. The standard InChI is InChI=1S/C15H13ClN4O4S/c16-11-4-13-12(3-8(11)7-25(23,24)10-1-2-10)18-15(19-13)20-6-9(5-17-20)14(21)22/h3-6,10H,1-2,7H2,(H,18,19)(H,21,22). The topological polar surface area (TPSA) is 118 Å². The summed E-state index contributed by atoms with van der Waals surface area (Å²) < 4.78 is 25.7. The number of carboxylic acid groups (broad SMARTS) is 1. The molecule has 0 radical (unpaired) electrons. The van der Waals surface area contributed by atoms with Crippen LogP contribution in [0.25, 0.3) is 17.0 Å². The highest BCUT2D eigenvalue weighted by Gasteiger charge is 2.35. The van der Waals surface area contributed by atoms with E-state index in [4.69, 9.17) is 16.7 Å². The number of aromatic carboxylic acids is 1. The van der Waals surface area contributed by atoms with Gasteiger partial charge in [-0.2, -0.15) is 5.10 Å². The van der Waals surface area contributed by atoms with Crippen molar-refractivity contribution < 1.29 is 18.3 Å². The van der Waals surface area contributed by atoms with Gasteiger partial charge in [-0.05, 0) is 30.5 Å². The Balaban J connectivity index is 1.71. The fraction of sp³-hybridized carbons (Fsp3) is 0.267. The van der Waals surface area contributed by atoms with E-state index < -0.39 is 15.8 Å². The third kappa shape index (κ3) is 3.00. The number of hydrogen-bond donors (Lipinski definition) is 2. The molecule has 130 valence electrons. The highest BCUT2D eigenvalue weighted by Crippen LogP contribution is 2.33. The molecule has 25 heavy (non-hydrogen) atoms. The van der Waals surface area contributed by atoms with Gasteiger partial charge in [-0.1, -0.05) is 11.6 Å². The number of benzene rings is 1. The molecule has 0 aliphatic heterocycles. The van der Waals surface area contributed by atoms with Gasteiger partial charge in [-0.15, -0.1) is 0 Å². The van der Waals surface area contributed by atoms with Gasteiger partial charge >= 0.3 is 5.97 Å². The Morgan fingerprint density at radius 2 is 2.16 bits per heavy atom. The lowest BCUT2D eigenvalue weighted by Crippen LogP contribution is -2.10. The van der Waals surface area contributed by atoms with E-state index in [9.17, 15) is 13.2 Å². The summed E-state index contributed by atoms with van der Waals surface area (Å²) in [5.74, 6) is -0.870. The van der Waals surface area contributed by atoms with Gasteiger partial charge in [0, 0.05) is 11.2 Å². The lowest BCUT2D eigenvalue weighted by Gasteiger charge is -2.05. The lowest BCUT2D eigenvalue weighted by atomic mass is 10.2. The average Bonchev–Trinajstić information content (AvgIpc) is 3.15. The van der Waals surface area contributed by atoms with Crippen LogP contribution >= 0.6 is 11.6 Å². The van der Waals surface area contributed by atoms with Crippen LogP contribution in [0.5, 0.6) is 0 Å². The molecule has 8 nitrogen and oxygen atoms in total. The molecule has 1 aliphatic rings. The van der Waals surface area contributed by atoms with Crippen LogP contribution in [0.15, 0.2) is 24.5 Å². The number of hydrogen-bond acceptors (Lipinski definition) is 5. The Labute approximate surface area is 147 Å². The summed E-state index contributed by atoms with van der Waals surface area (Å²) in [5, 5.41) is 13.0. The second-order valence-corrected chi connectivity index (χ2v) is 8.69. The van der Waals surface area contributed by atoms with E-state index in [0.717, 1.165) is 0 Å². The van der Waals surface area contributed by atoms with Crippen molar-refractivity contribution in [2.45, 2.75) is 23.8 Å². The predicted molar refractivity (Wildman–Crippen MR) is 90.8 cm³/mol. The first-order chi connectivity index (χ1) is 11.8. The van der Waals surface area contributed by atoms with Crippen molar-refractivity contribution >= 4 is 38.4 Å². The molecule has 0 spiro atoms. The molecule has 0 unspecified atom stereocenters. The number of halogens is 1. The molecule has 0 bridgehead atoms. The number of nitrogens with zero attached hydrogens (tertiary/aromatic N) is 3. The predicted octanol–water partition coefficient (Wildman–Crippen LogP) is 2.18. The van der Waals surface area contributed by atoms with Gasteiger partial charge < -0.3 is 10.1 Å². The molecule has 0 saturated heterocycles. The number of rotatable bonds is 5. The minimum Gasteiger partial charge on any atom is -0.478 e. The number of nitrogens with one attached hydrogen (secondary N) is 1. The van der Waals surface area contributed by atoms with E-state index in [2.05, 4.69) is 15.1 Å². The second kappa shape index (κ2) is 5.57. The average molecular weight is 381 g/mol. The van der Waals surface area contributed by atoms with Gasteiger partial charge in [-0.25, -0.2) is 22.9 Å². The molecule has 0 atom stereocenters. The van der Waals surface area contributed by atoms with Crippen molar-refractivity contribution in [3.8, 4) is 5.95 Å². The molecular weight excluding hydrogens is 368 g/mol. The van der Waals surface area contributed by atoms with Crippen molar-refractivity contribution in [2.75, 3.05) is 0 Å². The van der Waals surface area contributed by atoms with Crippen molar-refractivity contribution in [2.24, 2.45) is 0 Å². The van der Waals surface area contributed by atoms with Crippen LogP contribution in [0.1, 0.15) is 28.8 Å². The highest BCUT2D eigenvalue weighted by molar-refractivity contribution is 7.91. The summed E-state index contributed by atoms with van der Waals surface area (Å²) in [4.78, 5) is 18.3. The quantitative estimate of drug-likeness (QED) is 0.700. The number of aromatic nitrogens is 4. The first kappa shape index (κ1) is 16.1. The van der Waals surface area contributed by atoms with Gasteiger partial charge in [0.25, 0.3) is 0 Å². The van der Waals surface area contributed by atoms with Gasteiger partial charge in [0.1, 0.15) is 0 Å². The largest absolute Gasteiger partial charge is 0.478 e. The Morgan fingerprint density at radius 3 is 2.80 bits per heavy atom. The maximum Gasteiger partial charge on any atom is 0.338 e. The zero-order valence-electron chi connectivity index (χ0n) is 12.8. The Kier molecular flexibility index (Phi) is 3.58. The Bertz CT molecular complexity index is 1100. The van der Waals surface area contributed by atoms with E-state index in [1.165, 1.54) is 17.1 Å². The van der Waals surface area contributed by atoms with Crippen LogP contribution in [-0.4, -0.2) is 44.5 Å². The molecule has 0 amide bonds. The van der Waals surface area contributed by atoms with Crippen LogP contribution in [0, 0.1) is 0 Å². The zero-order chi connectivity index (χ0) is 17.8. The summed E-state index contributed by atoms with van der Waals surface area (Å²) in [7, 11) is -3.18. The van der Waals surface area contributed by atoms with Crippen molar-refractivity contribution in [3.63, 3.8) is 0 Å². The van der Waals surface area contributed by atoms with Crippen molar-refractivity contribution in [1.29, 1.82) is 0 Å². The fourth-order valence-electron chi connectivity index (χ4n) is 2.59. The summed E-state index contributed by atoms with van der Waals surface area (Å²) >= 11 is 6.22. The van der Waals surface area contributed by atoms with E-state index in [0.29, 0.717) is 40.4 Å². The molecule has 2 aromatic heterocycles. The molecule has 4 rings (SSSR count). The molecule has 1 fully saturated rings. The van der Waals surface area contributed by atoms with E-state index >= 15 is 0 Å². The number of sulfone groups is 1. The van der Waals surface area contributed by atoms with E-state index in [1.807, 2.05) is 0 Å². The van der Waals surface area contributed by atoms with Crippen molar-refractivity contribution in [1.82, 2.24) is 19.7 Å². The molecule has 2 N–H and O–H groups in total. The minimum atomic E-state index is -3.18. The van der Waals surface area contributed by atoms with Crippen LogP contribution in [0.2, 0.25) is 5.02 Å². The maximum atomic E-state index is 12.2. The molecule has 10 heteroatoms. The fourth-order valence-corrected chi connectivity index (χ4v) is 4.66. The Morgan fingerprint density at radius 1 is 1.40 bits per heavy atom. The smallest absolute Gasteiger partial charge is 0.338 e. The number of carbonyl (C=O) groups is 1. The van der Waals surface area contributed by atoms with Gasteiger partial charge in [-0.3, -0.25) is 0 Å². The zero-order valence-corrected chi connectivity index (χ0v) is 14.4. The summed E-state index contributed by atoms with van der Waals surface area (Å²) in [5.41, 5.74) is 1.70. The van der Waals surface area contributed by atoms with Gasteiger partial charge in [0.05, 0.1) is 33.8 Å². The molecular formula is C15H13ClN4O4S. The van der Waals surface area contributed by atoms with E-state index in [-0.39, 0.29) is 16.6 Å². The van der Waals surface area contributed by atoms with E-state index in [1.54, 1.807) is 12.1 Å². The first-order valence-electron chi connectivity index (χ1n) is 7.51. The van der Waals surface area contributed by atoms with Crippen LogP contribution in [-0.2, 0) is 15.6 Å². The molecule has 2 heterocycles. The van der Waals surface area contributed by atoms with Crippen LogP contribution in [0.4, 0.5) is 0 Å². The molecule has 1 saturated carbocycles. The first-order valence-corrected chi connectivity index (χ1v) is 9.61. The lowest BCUT2D eigenvalue weighted by molar-refractivity contribution is 0.0697. The number of fused-ring (bicyclic) bond motifs is 1. The number of H-pyrrole nitrogens is 1. The number of imidazole rings is 1. The third-order valence-corrected chi connectivity index (χ3v) is 6.63. The number of aromatic amines is 1. The van der Waals surface area contributed by atoms with Crippen molar-refractivity contribution in [3.05, 3.63) is 40.7 Å². The monoisotopic (exact) mass is 380 g/mol. The second-order valence-electron chi connectivity index (χ2n) is 6.01. The Hall–Kier alpha value is -2.39. The summed E-state index contributed by atoms with van der Waals surface area (Å²) in [6.45, 7) is 0. The maximum absolute atomic E-state index is 12.2. The van der Waals surface area contributed by atoms with Gasteiger partial charge in [0.15, 0.2) is 9.84 Å². The summed E-state index contributed by atoms with van der Waals surface area (Å²) in [6, 6.07) is 3.26.